The van der Waals surface area contributed by atoms with E-state index >= 15 is 0 Å². The Kier molecular flexibility index (Phi) is 10.5. The number of fused-ring (bicyclic) bond motifs is 3. The number of hydrogen-bond donors (Lipinski definition) is 0. The Balaban J connectivity index is 0.000000133. The Morgan fingerprint density at radius 2 is 1.02 bits per heavy atom. The van der Waals surface area contributed by atoms with Crippen LogP contribution in [-0.4, -0.2) is 48.8 Å². The molecule has 0 radical (unpaired) electrons. The van der Waals surface area contributed by atoms with Gasteiger partial charge in [0.05, 0.1) is 40.5 Å². The monoisotopic (exact) mass is 780 g/mol. The number of rotatable bonds is 6. The molecule has 17 heteroatoms. The van der Waals surface area contributed by atoms with E-state index in [1.54, 1.807) is 87.9 Å². The van der Waals surface area contributed by atoms with Crippen LogP contribution in [0.4, 0.5) is 5.69 Å². The molecular formula is C41H36N10O7. The summed E-state index contributed by atoms with van der Waals surface area (Å²) in [5.41, 5.74) is 7.49. The molecular weight excluding hydrogens is 745 g/mol. The highest BCUT2D eigenvalue weighted by Gasteiger charge is 2.22. The fraction of sp³-hybridized carbons (Fsp3) is 0.122. The van der Waals surface area contributed by atoms with Crippen molar-refractivity contribution < 1.29 is 28.9 Å². The average molecular weight is 781 g/mol. The van der Waals surface area contributed by atoms with Crippen molar-refractivity contribution >= 4 is 38.8 Å². The summed E-state index contributed by atoms with van der Waals surface area (Å²) < 4.78 is 10.2. The first kappa shape index (κ1) is 38.2. The maximum atomic E-state index is 12.3. The third kappa shape index (κ3) is 7.59. The van der Waals surface area contributed by atoms with Crippen molar-refractivity contribution in [1.29, 1.82) is 0 Å². The van der Waals surface area contributed by atoms with Crippen LogP contribution < -0.4 is 24.0 Å². The molecule has 0 atom stereocenters. The Morgan fingerprint density at radius 1 is 0.517 bits per heavy atom. The third-order valence-electron chi connectivity index (χ3n) is 9.08. The van der Waals surface area contributed by atoms with Gasteiger partial charge in [0.15, 0.2) is 0 Å². The van der Waals surface area contributed by atoms with E-state index in [1.165, 1.54) is 20.5 Å². The van der Waals surface area contributed by atoms with E-state index in [-0.39, 0.29) is 11.2 Å². The van der Waals surface area contributed by atoms with Crippen molar-refractivity contribution in [2.75, 3.05) is 14.2 Å². The van der Waals surface area contributed by atoms with Gasteiger partial charge in [-0.3, -0.25) is 10.1 Å². The highest BCUT2D eigenvalue weighted by atomic mass is 16.6. The molecule has 3 aromatic heterocycles. The van der Waals surface area contributed by atoms with E-state index in [0.29, 0.717) is 55.1 Å². The molecule has 58 heavy (non-hydrogen) atoms. The SMILES string of the molecule is COc1ccc(-n2nc3ccc(C)cc3[n+]2[O-])cc1.COc1ccc(-n2nc3ccccc3[n+]2[O-])cc1.Cc1cccc(-n2nc3cc(C)c([N+](=O)[O-])cc3[n+]2[O-])c1. The van der Waals surface area contributed by atoms with Gasteiger partial charge in [-0.05, 0) is 131 Å². The molecule has 0 saturated carbocycles. The van der Waals surface area contributed by atoms with Crippen LogP contribution in [0.3, 0.4) is 0 Å². The lowest BCUT2D eigenvalue weighted by molar-refractivity contribution is -0.664. The van der Waals surface area contributed by atoms with Crippen molar-refractivity contribution in [2.24, 2.45) is 0 Å². The lowest BCUT2D eigenvalue weighted by Gasteiger charge is -2.04. The first-order valence-electron chi connectivity index (χ1n) is 17.8. The standard InChI is InChI=1S/C14H12N4O3.C14H13N3O2.C13H11N3O2/c1-9-4-3-5-11(6-9)16-15-12-7-10(2)13(18(20)21)8-14(12)17(16)19;1-10-3-8-13-14(9-10)17(18)16(15-13)11-4-6-12(19-2)7-5-11;1-18-11-8-6-10(7-9-11)15-14-12-4-2-3-5-13(12)16(15)17/h3-8H,1-2H3;3-9H,1-2H3;2-9H,1H3. The minimum absolute atomic E-state index is 0.0871. The molecule has 0 aliphatic heterocycles. The summed E-state index contributed by atoms with van der Waals surface area (Å²) in [5, 5.41) is 60.4. The predicted molar refractivity (Wildman–Crippen MR) is 214 cm³/mol. The number of benzene rings is 6. The summed E-state index contributed by atoms with van der Waals surface area (Å²) in [7, 11) is 3.21. The summed E-state index contributed by atoms with van der Waals surface area (Å²) in [4.78, 5) is 16.5. The number of nitrogens with zero attached hydrogens (tertiary/aromatic N) is 10. The smallest absolute Gasteiger partial charge is 0.276 e. The molecule has 292 valence electrons. The number of aromatic nitrogens is 9. The van der Waals surface area contributed by atoms with Crippen LogP contribution in [0.25, 0.3) is 50.2 Å². The van der Waals surface area contributed by atoms with Gasteiger partial charge >= 0.3 is 0 Å². The predicted octanol–water partition coefficient (Wildman–Crippen LogP) is 5.83. The molecule has 0 bridgehead atoms. The minimum Gasteiger partial charge on any atom is -0.692 e. The van der Waals surface area contributed by atoms with Gasteiger partial charge in [0.1, 0.15) is 28.6 Å². The molecule has 0 fully saturated rings. The molecule has 6 aromatic carbocycles. The van der Waals surface area contributed by atoms with E-state index in [0.717, 1.165) is 32.3 Å². The van der Waals surface area contributed by atoms with E-state index in [1.807, 2.05) is 68.4 Å². The fourth-order valence-corrected chi connectivity index (χ4v) is 6.09. The number of methoxy groups -OCH3 is 2. The molecule has 0 spiro atoms. The summed E-state index contributed by atoms with van der Waals surface area (Å²) in [5.74, 6) is 1.49. The molecule has 0 aliphatic rings. The number of aryl methyl sites for hydroxylation is 3. The Morgan fingerprint density at radius 3 is 1.57 bits per heavy atom. The normalized spacial score (nSPS) is 10.8. The van der Waals surface area contributed by atoms with Crippen molar-refractivity contribution in [3.63, 3.8) is 0 Å². The maximum Gasteiger partial charge on any atom is 0.276 e. The zero-order valence-electron chi connectivity index (χ0n) is 32.0. The van der Waals surface area contributed by atoms with Gasteiger partial charge in [-0.25, -0.2) is 0 Å². The van der Waals surface area contributed by atoms with Crippen molar-refractivity contribution in [3.05, 3.63) is 170 Å². The van der Waals surface area contributed by atoms with Crippen molar-refractivity contribution in [2.45, 2.75) is 20.8 Å². The van der Waals surface area contributed by atoms with Gasteiger partial charge in [0.2, 0.25) is 27.6 Å². The maximum absolute atomic E-state index is 12.3. The zero-order chi connectivity index (χ0) is 41.1. The number of para-hydroxylation sites is 1. The van der Waals surface area contributed by atoms with E-state index in [2.05, 4.69) is 15.3 Å². The quantitative estimate of drug-likeness (QED) is 0.0857. The van der Waals surface area contributed by atoms with Crippen LogP contribution in [0.2, 0.25) is 0 Å². The van der Waals surface area contributed by atoms with Gasteiger partial charge in [-0.1, -0.05) is 30.3 Å². The zero-order valence-corrected chi connectivity index (χ0v) is 32.0. The van der Waals surface area contributed by atoms with Gasteiger partial charge in [0.25, 0.3) is 11.2 Å². The largest absolute Gasteiger partial charge is 0.692 e. The molecule has 17 nitrogen and oxygen atoms in total. The highest BCUT2D eigenvalue weighted by molar-refractivity contribution is 5.76. The van der Waals surface area contributed by atoms with Gasteiger partial charge in [0, 0.05) is 11.6 Å². The van der Waals surface area contributed by atoms with Crippen LogP contribution in [0.15, 0.2) is 127 Å². The van der Waals surface area contributed by atoms with Crippen LogP contribution in [0, 0.1) is 46.5 Å². The first-order valence-corrected chi connectivity index (χ1v) is 17.8. The summed E-state index contributed by atoms with van der Waals surface area (Å²) in [6, 6.07) is 37.3. The van der Waals surface area contributed by atoms with Crippen molar-refractivity contribution in [1.82, 2.24) is 29.7 Å². The van der Waals surface area contributed by atoms with Crippen LogP contribution >= 0.6 is 0 Å². The molecule has 0 N–H and O–H groups in total. The topological polar surface area (TPSA) is 196 Å². The molecule has 9 aromatic rings. The second-order valence-corrected chi connectivity index (χ2v) is 13.1. The minimum atomic E-state index is -0.501. The molecule has 0 unspecified atom stereocenters. The second-order valence-electron chi connectivity index (χ2n) is 13.1. The molecule has 0 saturated heterocycles. The van der Waals surface area contributed by atoms with Gasteiger partial charge in [-0.15, -0.1) is 14.5 Å². The second kappa shape index (κ2) is 16.0. The first-order chi connectivity index (χ1) is 27.9. The molecule has 0 amide bonds. The Hall–Kier alpha value is -8.08. The lowest BCUT2D eigenvalue weighted by atomic mass is 10.2. The van der Waals surface area contributed by atoms with Crippen molar-refractivity contribution in [3.8, 4) is 28.6 Å². The van der Waals surface area contributed by atoms with Crippen LogP contribution in [0.1, 0.15) is 16.7 Å². The van der Waals surface area contributed by atoms with Crippen LogP contribution in [-0.2, 0) is 0 Å². The Labute approximate surface area is 330 Å². The molecule has 9 rings (SSSR count). The number of nitro groups is 1. The number of hydrogen-bond acceptors (Lipinski definition) is 10. The van der Waals surface area contributed by atoms with Gasteiger partial charge in [-0.2, -0.15) is 0 Å². The summed E-state index contributed by atoms with van der Waals surface area (Å²) in [6.07, 6.45) is 0. The summed E-state index contributed by atoms with van der Waals surface area (Å²) in [6.45, 7) is 5.49. The highest BCUT2D eigenvalue weighted by Crippen LogP contribution is 2.23. The van der Waals surface area contributed by atoms with E-state index in [4.69, 9.17) is 9.47 Å². The number of ether oxygens (including phenoxy) is 2. The van der Waals surface area contributed by atoms with Crippen LogP contribution in [0.5, 0.6) is 11.5 Å². The Bertz CT molecular complexity index is 2920. The number of nitro benzene ring substituents is 1. The fourth-order valence-electron chi connectivity index (χ4n) is 6.09. The van der Waals surface area contributed by atoms with E-state index in [9.17, 15) is 25.7 Å². The third-order valence-corrected chi connectivity index (χ3v) is 9.08. The summed E-state index contributed by atoms with van der Waals surface area (Å²) >= 11 is 0. The average Bonchev–Trinajstić information content (AvgIpc) is 3.87. The van der Waals surface area contributed by atoms with E-state index < -0.39 is 4.92 Å². The molecule has 3 heterocycles. The van der Waals surface area contributed by atoms with Gasteiger partial charge < -0.3 is 25.1 Å². The lowest BCUT2D eigenvalue weighted by Crippen LogP contribution is -2.37. The molecule has 0 aliphatic carbocycles.